The van der Waals surface area contributed by atoms with Gasteiger partial charge in [0.1, 0.15) is 0 Å². The third-order valence-corrected chi connectivity index (χ3v) is 15.3. The van der Waals surface area contributed by atoms with Crippen molar-refractivity contribution < 1.29 is 56.1 Å². The summed E-state index contributed by atoms with van der Waals surface area (Å²) in [6.07, 6.45) is 4.30. The van der Waals surface area contributed by atoms with Gasteiger partial charge in [-0.15, -0.1) is 0 Å². The SMILES string of the molecule is CCCCC(CC)COCC(O)CN(CCNCCNCCNCC(O)COCCC[Si](OC)(OC)OC)CCNCC(O)COCCC[Si](OC)(OC)OC. The Morgan fingerprint density at radius 1 is 0.518 bits per heavy atom. The zero-order chi connectivity index (χ0) is 41.8. The van der Waals surface area contributed by atoms with Gasteiger partial charge >= 0.3 is 17.6 Å². The van der Waals surface area contributed by atoms with E-state index in [2.05, 4.69) is 40.0 Å². The van der Waals surface area contributed by atoms with Crippen LogP contribution < -0.4 is 21.3 Å². The van der Waals surface area contributed by atoms with Gasteiger partial charge < -0.3 is 77.4 Å². The largest absolute Gasteiger partial charge is 0.500 e. The van der Waals surface area contributed by atoms with E-state index in [-0.39, 0.29) is 13.2 Å². The molecule has 0 aliphatic carbocycles. The summed E-state index contributed by atoms with van der Waals surface area (Å²) in [6, 6.07) is 1.31. The maximum Gasteiger partial charge on any atom is 0.500 e. The van der Waals surface area contributed by atoms with E-state index in [4.69, 9.17) is 40.8 Å². The third-order valence-electron chi connectivity index (χ3n) is 9.63. The third kappa shape index (κ3) is 29.1. The number of hydrogen-bond acceptors (Lipinski definition) is 17. The van der Waals surface area contributed by atoms with Crippen LogP contribution in [-0.4, -0.2) is 210 Å². The van der Waals surface area contributed by atoms with Gasteiger partial charge in [-0.1, -0.05) is 33.1 Å². The number of aliphatic hydroxyl groups excluding tert-OH is 3. The normalized spacial score (nSPS) is 14.8. The number of rotatable bonds is 44. The summed E-state index contributed by atoms with van der Waals surface area (Å²) in [5.41, 5.74) is 0. The molecule has 0 saturated heterocycles. The molecule has 0 rings (SSSR count). The summed E-state index contributed by atoms with van der Waals surface area (Å²) in [6.45, 7) is 14.3. The first-order chi connectivity index (χ1) is 27.1. The van der Waals surface area contributed by atoms with E-state index in [0.717, 1.165) is 71.5 Å². The van der Waals surface area contributed by atoms with Crippen LogP contribution in [-0.2, 0) is 40.8 Å². The second kappa shape index (κ2) is 37.7. The average Bonchev–Trinajstić information content (AvgIpc) is 3.21. The van der Waals surface area contributed by atoms with E-state index in [1.54, 1.807) is 42.7 Å². The minimum absolute atomic E-state index is 0.236. The molecule has 0 aromatic heterocycles. The Morgan fingerprint density at radius 2 is 0.946 bits per heavy atom. The minimum atomic E-state index is -2.61. The molecule has 56 heavy (non-hydrogen) atoms. The highest BCUT2D eigenvalue weighted by atomic mass is 28.4. The molecule has 0 aliphatic heterocycles. The Bertz CT molecular complexity index is 830. The lowest BCUT2D eigenvalue weighted by Crippen LogP contribution is -2.44. The summed E-state index contributed by atoms with van der Waals surface area (Å²) in [4.78, 5) is 2.23. The van der Waals surface area contributed by atoms with Crippen molar-refractivity contribution in [2.45, 2.75) is 82.8 Å². The first-order valence-electron chi connectivity index (χ1n) is 20.8. The van der Waals surface area contributed by atoms with E-state index in [0.29, 0.717) is 70.6 Å². The molecule has 0 radical (unpaired) electrons. The fourth-order valence-electron chi connectivity index (χ4n) is 5.98. The molecule has 0 bridgehead atoms. The Morgan fingerprint density at radius 3 is 1.41 bits per heavy atom. The first-order valence-corrected chi connectivity index (χ1v) is 24.6. The van der Waals surface area contributed by atoms with Crippen molar-refractivity contribution in [1.29, 1.82) is 0 Å². The molecule has 0 heterocycles. The maximum absolute atomic E-state index is 10.8. The van der Waals surface area contributed by atoms with Gasteiger partial charge in [-0.2, -0.15) is 0 Å². The number of aliphatic hydroxyl groups is 3. The molecular weight excluding hydrogens is 763 g/mol. The highest BCUT2D eigenvalue weighted by Gasteiger charge is 2.37. The van der Waals surface area contributed by atoms with Crippen LogP contribution in [0.5, 0.6) is 0 Å². The van der Waals surface area contributed by atoms with Crippen molar-refractivity contribution >= 4 is 17.6 Å². The van der Waals surface area contributed by atoms with Crippen molar-refractivity contribution in [1.82, 2.24) is 26.2 Å². The van der Waals surface area contributed by atoms with Crippen molar-refractivity contribution in [2.24, 2.45) is 5.92 Å². The molecule has 0 fully saturated rings. The maximum atomic E-state index is 10.8. The van der Waals surface area contributed by atoms with Crippen LogP contribution in [0.1, 0.15) is 52.4 Å². The first kappa shape index (κ1) is 55.8. The number of nitrogens with one attached hydrogen (secondary N) is 4. The molecule has 0 amide bonds. The Kier molecular flexibility index (Phi) is 37.6. The van der Waals surface area contributed by atoms with Gasteiger partial charge in [-0.3, -0.25) is 4.90 Å². The minimum Gasteiger partial charge on any atom is -0.389 e. The van der Waals surface area contributed by atoms with Crippen molar-refractivity contribution in [3.8, 4) is 0 Å². The molecule has 0 aromatic carbocycles. The quantitative estimate of drug-likeness (QED) is 0.0331. The summed E-state index contributed by atoms with van der Waals surface area (Å²) in [5, 5.41) is 44.9. The second-order valence-corrected chi connectivity index (χ2v) is 20.3. The molecule has 0 aliphatic rings. The van der Waals surface area contributed by atoms with Gasteiger partial charge in [0.15, 0.2) is 0 Å². The van der Waals surface area contributed by atoms with Gasteiger partial charge in [0.2, 0.25) is 0 Å². The fourth-order valence-corrected chi connectivity index (χ4v) is 9.36. The van der Waals surface area contributed by atoms with Crippen molar-refractivity contribution in [3.05, 3.63) is 0 Å². The van der Waals surface area contributed by atoms with E-state index < -0.39 is 35.9 Å². The summed E-state index contributed by atoms with van der Waals surface area (Å²) < 4.78 is 49.7. The highest BCUT2D eigenvalue weighted by Crippen LogP contribution is 2.16. The van der Waals surface area contributed by atoms with Gasteiger partial charge in [-0.25, -0.2) is 0 Å². The van der Waals surface area contributed by atoms with Crippen LogP contribution in [0, 0.1) is 5.92 Å². The van der Waals surface area contributed by atoms with Crippen molar-refractivity contribution in [2.75, 3.05) is 154 Å². The molecule has 0 saturated carbocycles. The Labute approximate surface area is 342 Å². The highest BCUT2D eigenvalue weighted by molar-refractivity contribution is 6.60. The average molecular weight is 848 g/mol. The number of ether oxygens (including phenoxy) is 3. The Hall–Kier alpha value is -0.246. The predicted molar refractivity (Wildman–Crippen MR) is 224 cm³/mol. The molecule has 19 heteroatoms. The molecular formula is C37H85N5O12Si2. The predicted octanol–water partition coefficient (Wildman–Crippen LogP) is 0.532. The number of hydrogen-bond donors (Lipinski definition) is 7. The zero-order valence-corrected chi connectivity index (χ0v) is 38.5. The molecule has 338 valence electrons. The van der Waals surface area contributed by atoms with Crippen LogP contribution in [0.2, 0.25) is 12.1 Å². The molecule has 0 spiro atoms. The zero-order valence-electron chi connectivity index (χ0n) is 36.5. The fraction of sp³-hybridized carbons (Fsp3) is 1.00. The van der Waals surface area contributed by atoms with Gasteiger partial charge in [0, 0.05) is 147 Å². The van der Waals surface area contributed by atoms with Crippen LogP contribution in [0.3, 0.4) is 0 Å². The number of unbranched alkanes of at least 4 members (excludes halogenated alkanes) is 1. The lowest BCUT2D eigenvalue weighted by molar-refractivity contribution is 0.00291. The van der Waals surface area contributed by atoms with Gasteiger partial charge in [0.25, 0.3) is 0 Å². The topological polar surface area (TPSA) is 195 Å². The monoisotopic (exact) mass is 848 g/mol. The van der Waals surface area contributed by atoms with Gasteiger partial charge in [0.05, 0.1) is 38.1 Å². The van der Waals surface area contributed by atoms with Gasteiger partial charge in [-0.05, 0) is 25.2 Å². The van der Waals surface area contributed by atoms with Crippen LogP contribution in [0.15, 0.2) is 0 Å². The molecule has 0 aromatic rings. The summed E-state index contributed by atoms with van der Waals surface area (Å²) in [7, 11) is 4.38. The van der Waals surface area contributed by atoms with E-state index in [1.165, 1.54) is 12.8 Å². The summed E-state index contributed by atoms with van der Waals surface area (Å²) in [5.74, 6) is 0.535. The molecule has 4 atom stereocenters. The molecule has 7 N–H and O–H groups in total. The lowest BCUT2D eigenvalue weighted by atomic mass is 10.0. The summed E-state index contributed by atoms with van der Waals surface area (Å²) >= 11 is 0. The molecule has 4 unspecified atom stereocenters. The van der Waals surface area contributed by atoms with Crippen LogP contribution in [0.25, 0.3) is 0 Å². The van der Waals surface area contributed by atoms with Crippen LogP contribution >= 0.6 is 0 Å². The van der Waals surface area contributed by atoms with Crippen molar-refractivity contribution in [3.63, 3.8) is 0 Å². The lowest BCUT2D eigenvalue weighted by Gasteiger charge is -2.26. The molecule has 17 nitrogen and oxygen atoms in total. The smallest absolute Gasteiger partial charge is 0.389 e. The Balaban J connectivity index is 4.38. The van der Waals surface area contributed by atoms with E-state index in [9.17, 15) is 15.3 Å². The number of nitrogens with zero attached hydrogens (tertiary/aromatic N) is 1. The second-order valence-electron chi connectivity index (χ2n) is 14.1. The van der Waals surface area contributed by atoms with Crippen LogP contribution in [0.4, 0.5) is 0 Å². The van der Waals surface area contributed by atoms with E-state index in [1.807, 2.05) is 0 Å². The standard InChI is InChI=1S/C37H85N5O12Si2/c1-9-11-14-34(10-2)30-54-33-37(45)29-42(22-20-41-28-36(44)32-53-24-13-26-56(49-6,50-7)51-8)21-19-39-16-15-38-17-18-40-27-35(43)31-52-23-12-25-55(46-3,47-4)48-5/h34-41,43-45H,9-33H2,1-8H3. The van der Waals surface area contributed by atoms with E-state index >= 15 is 0 Å².